The van der Waals surface area contributed by atoms with Crippen LogP contribution in [0.4, 0.5) is 0 Å². The van der Waals surface area contributed by atoms with E-state index in [0.717, 1.165) is 5.56 Å². The monoisotopic (exact) mass is 358 g/mol. The summed E-state index contributed by atoms with van der Waals surface area (Å²) in [6, 6.07) is 17.7. The van der Waals surface area contributed by atoms with Crippen LogP contribution in [0.5, 0.6) is 0 Å². The topological polar surface area (TPSA) is 59.0 Å². The van der Waals surface area contributed by atoms with Crippen LogP contribution in [-0.2, 0) is 14.8 Å². The molecule has 2 aromatic carbocycles. The zero-order valence-electron chi connectivity index (χ0n) is 14.4. The van der Waals surface area contributed by atoms with Gasteiger partial charge in [-0.3, -0.25) is 0 Å². The van der Waals surface area contributed by atoms with Gasteiger partial charge >= 0.3 is 0 Å². The van der Waals surface area contributed by atoms with E-state index in [0.29, 0.717) is 18.9 Å². The molecule has 1 fully saturated rings. The summed E-state index contributed by atoms with van der Waals surface area (Å²) in [5, 5.41) is 0. The van der Waals surface area contributed by atoms with E-state index >= 15 is 0 Å². The van der Waals surface area contributed by atoms with Crippen molar-refractivity contribution in [1.29, 1.82) is 0 Å². The third kappa shape index (κ3) is 4.27. The Morgan fingerprint density at radius 1 is 0.960 bits per heavy atom. The maximum atomic E-state index is 12.8. The molecule has 0 spiro atoms. The van der Waals surface area contributed by atoms with Crippen molar-refractivity contribution in [2.75, 3.05) is 13.1 Å². The van der Waals surface area contributed by atoms with E-state index in [9.17, 15) is 8.42 Å². The average Bonchev–Trinajstić information content (AvgIpc) is 2.60. The quantitative estimate of drug-likeness (QED) is 0.625. The van der Waals surface area contributed by atoms with E-state index in [-0.39, 0.29) is 17.1 Å². The van der Waals surface area contributed by atoms with Crippen LogP contribution in [0.25, 0.3) is 0 Å². The molecule has 0 amide bonds. The van der Waals surface area contributed by atoms with Gasteiger partial charge in [-0.2, -0.15) is 8.42 Å². The van der Waals surface area contributed by atoms with Crippen molar-refractivity contribution in [2.45, 2.75) is 31.0 Å². The number of rotatable bonds is 3. The number of hydrogen-bond acceptors (Lipinski definition) is 3. The molecule has 0 aliphatic carbocycles. The molecular formula is C19H22N2O3S. The Hall–Kier alpha value is -2.18. The first kappa shape index (κ1) is 17.6. The first-order valence-corrected chi connectivity index (χ1v) is 9.75. The van der Waals surface area contributed by atoms with Gasteiger partial charge in [-0.15, -0.1) is 4.40 Å². The van der Waals surface area contributed by atoms with Gasteiger partial charge in [0, 0.05) is 18.7 Å². The van der Waals surface area contributed by atoms with Crippen molar-refractivity contribution in [3.05, 3.63) is 66.2 Å². The maximum absolute atomic E-state index is 12.8. The fourth-order valence-electron chi connectivity index (χ4n) is 2.99. The van der Waals surface area contributed by atoms with Gasteiger partial charge < -0.3 is 9.64 Å². The summed E-state index contributed by atoms with van der Waals surface area (Å²) in [5.74, 6) is 0.464. The van der Waals surface area contributed by atoms with Crippen LogP contribution in [0, 0.1) is 0 Å². The van der Waals surface area contributed by atoms with Gasteiger partial charge in [0.2, 0.25) is 0 Å². The number of sulfonamides is 1. The summed E-state index contributed by atoms with van der Waals surface area (Å²) in [5.41, 5.74) is 0.781. The summed E-state index contributed by atoms with van der Waals surface area (Å²) in [6.07, 6.45) is 0.0224. The summed E-state index contributed by atoms with van der Waals surface area (Å²) >= 11 is 0. The zero-order valence-corrected chi connectivity index (χ0v) is 15.2. The number of ether oxygens (including phenoxy) is 1. The second-order valence-corrected chi connectivity index (χ2v) is 7.84. The third-order valence-corrected chi connectivity index (χ3v) is 5.28. The van der Waals surface area contributed by atoms with Gasteiger partial charge in [0.25, 0.3) is 10.0 Å². The normalized spacial score (nSPS) is 22.0. The fourth-order valence-corrected chi connectivity index (χ4v) is 4.05. The Kier molecular flexibility index (Phi) is 5.20. The van der Waals surface area contributed by atoms with Crippen LogP contribution in [-0.4, -0.2) is 44.5 Å². The molecule has 0 N–H and O–H groups in total. The molecule has 132 valence electrons. The Balaban J connectivity index is 2.05. The second kappa shape index (κ2) is 7.37. The maximum Gasteiger partial charge on any atom is 0.284 e. The smallest absolute Gasteiger partial charge is 0.284 e. The third-order valence-electron chi connectivity index (χ3n) is 4.00. The molecular weight excluding hydrogens is 336 g/mol. The Morgan fingerprint density at radius 2 is 1.48 bits per heavy atom. The minimum atomic E-state index is -3.79. The van der Waals surface area contributed by atoms with Gasteiger partial charge in [-0.1, -0.05) is 48.5 Å². The Morgan fingerprint density at radius 3 is 2.04 bits per heavy atom. The second-order valence-electron chi connectivity index (χ2n) is 6.23. The van der Waals surface area contributed by atoms with Crippen molar-refractivity contribution >= 4 is 15.9 Å². The van der Waals surface area contributed by atoms with Crippen LogP contribution >= 0.6 is 0 Å². The highest BCUT2D eigenvalue weighted by molar-refractivity contribution is 7.90. The molecule has 0 unspecified atom stereocenters. The van der Waals surface area contributed by atoms with Crippen molar-refractivity contribution in [3.8, 4) is 0 Å². The average molecular weight is 358 g/mol. The number of benzene rings is 2. The number of morpholine rings is 1. The highest BCUT2D eigenvalue weighted by Crippen LogP contribution is 2.19. The lowest BCUT2D eigenvalue weighted by atomic mass is 10.1. The fraction of sp³-hybridized carbons (Fsp3) is 0.316. The lowest BCUT2D eigenvalue weighted by molar-refractivity contribution is -0.0478. The molecule has 0 aromatic heterocycles. The molecule has 1 aliphatic heterocycles. The van der Waals surface area contributed by atoms with Gasteiger partial charge in [0.15, 0.2) is 0 Å². The molecule has 2 atom stereocenters. The predicted octanol–water partition coefficient (Wildman–Crippen LogP) is 2.93. The lowest BCUT2D eigenvalue weighted by Crippen LogP contribution is -2.48. The van der Waals surface area contributed by atoms with E-state index in [2.05, 4.69) is 4.40 Å². The van der Waals surface area contributed by atoms with Crippen LogP contribution in [0.3, 0.4) is 0 Å². The first-order chi connectivity index (χ1) is 12.0. The highest BCUT2D eigenvalue weighted by atomic mass is 32.2. The Labute approximate surface area is 149 Å². The molecule has 6 heteroatoms. The minimum absolute atomic E-state index is 0.0112. The molecule has 1 saturated heterocycles. The van der Waals surface area contributed by atoms with Crippen LogP contribution in [0.1, 0.15) is 19.4 Å². The van der Waals surface area contributed by atoms with E-state index in [4.69, 9.17) is 4.74 Å². The molecule has 25 heavy (non-hydrogen) atoms. The number of nitrogens with zero attached hydrogens (tertiary/aromatic N) is 2. The van der Waals surface area contributed by atoms with Crippen LogP contribution in [0.15, 0.2) is 70.0 Å². The predicted molar refractivity (Wildman–Crippen MR) is 98.2 cm³/mol. The van der Waals surface area contributed by atoms with E-state index < -0.39 is 10.0 Å². The molecule has 0 bridgehead atoms. The summed E-state index contributed by atoms with van der Waals surface area (Å²) < 4.78 is 35.5. The minimum Gasteiger partial charge on any atom is -0.372 e. The van der Waals surface area contributed by atoms with Crippen LogP contribution < -0.4 is 0 Å². The largest absolute Gasteiger partial charge is 0.372 e. The standard InChI is InChI=1S/C19H22N2O3S/c1-15-13-21(14-16(2)24-15)19(17-9-5-3-6-10-17)20-25(22,23)18-11-7-4-8-12-18/h3-12,15-16H,13-14H2,1-2H3/t15-,16-/m0/s1. The molecule has 0 radical (unpaired) electrons. The van der Waals surface area contributed by atoms with Crippen LogP contribution in [0.2, 0.25) is 0 Å². The highest BCUT2D eigenvalue weighted by Gasteiger charge is 2.27. The van der Waals surface area contributed by atoms with Crippen molar-refractivity contribution in [1.82, 2.24) is 4.90 Å². The Bertz CT molecular complexity index is 825. The lowest BCUT2D eigenvalue weighted by Gasteiger charge is -2.37. The van der Waals surface area contributed by atoms with Gasteiger partial charge in [-0.25, -0.2) is 0 Å². The molecule has 1 aliphatic rings. The summed E-state index contributed by atoms with van der Waals surface area (Å²) in [4.78, 5) is 2.19. The summed E-state index contributed by atoms with van der Waals surface area (Å²) in [7, 11) is -3.79. The zero-order chi connectivity index (χ0) is 17.9. The molecule has 3 rings (SSSR count). The van der Waals surface area contributed by atoms with E-state index in [1.54, 1.807) is 30.3 Å². The molecule has 0 saturated carbocycles. The van der Waals surface area contributed by atoms with Crippen molar-refractivity contribution in [2.24, 2.45) is 4.40 Å². The van der Waals surface area contributed by atoms with Gasteiger partial charge in [0.05, 0.1) is 17.1 Å². The number of amidine groups is 1. The number of hydrogen-bond donors (Lipinski definition) is 0. The van der Waals surface area contributed by atoms with Crippen molar-refractivity contribution < 1.29 is 13.2 Å². The van der Waals surface area contributed by atoms with Gasteiger partial charge in [0.1, 0.15) is 5.84 Å². The first-order valence-electron chi connectivity index (χ1n) is 8.31. The van der Waals surface area contributed by atoms with Crippen molar-refractivity contribution in [3.63, 3.8) is 0 Å². The summed E-state index contributed by atoms with van der Waals surface area (Å²) in [6.45, 7) is 5.17. The van der Waals surface area contributed by atoms with E-state index in [1.165, 1.54) is 0 Å². The van der Waals surface area contributed by atoms with E-state index in [1.807, 2.05) is 49.1 Å². The molecule has 5 nitrogen and oxygen atoms in total. The molecule has 1 heterocycles. The molecule has 2 aromatic rings. The SMILES string of the molecule is C[C@H]1CN(C(=NS(=O)(=O)c2ccccc2)c2ccccc2)C[C@H](C)O1. The van der Waals surface area contributed by atoms with Gasteiger partial charge in [-0.05, 0) is 26.0 Å².